The molecule has 0 atom stereocenters. The molecule has 0 spiro atoms. The van der Waals surface area contributed by atoms with Gasteiger partial charge >= 0.3 is 0 Å². The monoisotopic (exact) mass is 328 g/mol. The highest BCUT2D eigenvalue weighted by molar-refractivity contribution is 6.42. The summed E-state index contributed by atoms with van der Waals surface area (Å²) in [6.45, 7) is 0.296. The predicted octanol–water partition coefficient (Wildman–Crippen LogP) is 3.02. The van der Waals surface area contributed by atoms with E-state index < -0.39 is 11.7 Å². The van der Waals surface area contributed by atoms with Crippen LogP contribution in [0.1, 0.15) is 15.9 Å². The summed E-state index contributed by atoms with van der Waals surface area (Å²) in [5.41, 5.74) is 0.845. The summed E-state index contributed by atoms with van der Waals surface area (Å²) in [7, 11) is 3.12. The Labute approximate surface area is 131 Å². The number of hydrogen-bond acceptors (Lipinski definition) is 3. The Kier molecular flexibility index (Phi) is 4.34. The summed E-state index contributed by atoms with van der Waals surface area (Å²) in [4.78, 5) is 13.7. The number of rotatable bonds is 3. The lowest BCUT2D eigenvalue weighted by atomic mass is 10.2. The van der Waals surface area contributed by atoms with Crippen molar-refractivity contribution in [3.63, 3.8) is 0 Å². The van der Waals surface area contributed by atoms with Crippen molar-refractivity contribution in [1.29, 1.82) is 0 Å². The predicted molar refractivity (Wildman–Crippen MR) is 81.0 cm³/mol. The van der Waals surface area contributed by atoms with Crippen LogP contribution in [0.3, 0.4) is 0 Å². The fourth-order valence-corrected chi connectivity index (χ4v) is 2.27. The van der Waals surface area contributed by atoms with E-state index in [1.807, 2.05) is 0 Å². The third-order valence-electron chi connectivity index (χ3n) is 3.10. The van der Waals surface area contributed by atoms with Crippen LogP contribution in [0.2, 0.25) is 10.0 Å². The highest BCUT2D eigenvalue weighted by Gasteiger charge is 2.21. The fourth-order valence-electron chi connectivity index (χ4n) is 1.95. The van der Waals surface area contributed by atoms with Crippen LogP contribution in [0, 0.1) is 0 Å². The quantitative estimate of drug-likeness (QED) is 0.910. The van der Waals surface area contributed by atoms with Crippen molar-refractivity contribution in [3.8, 4) is 11.6 Å². The molecule has 112 valence electrons. The van der Waals surface area contributed by atoms with Crippen molar-refractivity contribution in [2.45, 2.75) is 6.54 Å². The lowest BCUT2D eigenvalue weighted by molar-refractivity contribution is 0.0782. The Bertz CT molecular complexity index is 698. The molecule has 0 aliphatic heterocycles. The Morgan fingerprint density at radius 2 is 1.95 bits per heavy atom. The Morgan fingerprint density at radius 1 is 1.29 bits per heavy atom. The third-order valence-corrected chi connectivity index (χ3v) is 3.84. The molecule has 0 radical (unpaired) electrons. The number of aryl methyl sites for hydroxylation is 1. The number of carbonyl (C=O) groups is 1. The van der Waals surface area contributed by atoms with Gasteiger partial charge in [-0.2, -0.15) is 0 Å². The molecular weight excluding hydrogens is 315 g/mol. The first-order valence-electron chi connectivity index (χ1n) is 6.08. The van der Waals surface area contributed by atoms with E-state index in [1.54, 1.807) is 25.2 Å². The first kappa shape index (κ1) is 15.5. The summed E-state index contributed by atoms with van der Waals surface area (Å²) in [6, 6.07) is 5.10. The molecule has 2 aromatic rings. The highest BCUT2D eigenvalue weighted by atomic mass is 35.5. The van der Waals surface area contributed by atoms with Crippen molar-refractivity contribution in [2.24, 2.45) is 7.05 Å². The van der Waals surface area contributed by atoms with Gasteiger partial charge in [0.2, 0.25) is 5.88 Å². The molecule has 0 unspecified atom stereocenters. The van der Waals surface area contributed by atoms with E-state index in [9.17, 15) is 15.0 Å². The number of aromatic hydroxyl groups is 2. The zero-order valence-electron chi connectivity index (χ0n) is 11.5. The number of benzene rings is 1. The summed E-state index contributed by atoms with van der Waals surface area (Å²) < 4.78 is 1.27. The Hall–Kier alpha value is -1.85. The van der Waals surface area contributed by atoms with E-state index in [1.165, 1.54) is 22.7 Å². The number of aromatic nitrogens is 1. The maximum atomic E-state index is 12.3. The largest absolute Gasteiger partial charge is 0.503 e. The van der Waals surface area contributed by atoms with Gasteiger partial charge in [-0.05, 0) is 17.7 Å². The van der Waals surface area contributed by atoms with Crippen LogP contribution in [-0.4, -0.2) is 32.6 Å². The first-order chi connectivity index (χ1) is 9.81. The van der Waals surface area contributed by atoms with Crippen molar-refractivity contribution < 1.29 is 15.0 Å². The van der Waals surface area contributed by atoms with Crippen LogP contribution < -0.4 is 0 Å². The molecule has 1 aromatic carbocycles. The number of carbonyl (C=O) groups excluding carboxylic acids is 1. The van der Waals surface area contributed by atoms with Crippen LogP contribution >= 0.6 is 23.2 Å². The van der Waals surface area contributed by atoms with Gasteiger partial charge in [0.1, 0.15) is 5.56 Å². The number of nitrogens with zero attached hydrogens (tertiary/aromatic N) is 2. The van der Waals surface area contributed by atoms with Gasteiger partial charge in [-0.3, -0.25) is 4.79 Å². The Balaban J connectivity index is 2.19. The highest BCUT2D eigenvalue weighted by Crippen LogP contribution is 2.31. The van der Waals surface area contributed by atoms with Gasteiger partial charge in [0, 0.05) is 26.8 Å². The molecule has 0 saturated carbocycles. The molecule has 2 N–H and O–H groups in total. The summed E-state index contributed by atoms with van der Waals surface area (Å²) in [5, 5.41) is 20.1. The van der Waals surface area contributed by atoms with Gasteiger partial charge in [-0.25, -0.2) is 0 Å². The van der Waals surface area contributed by atoms with Crippen LogP contribution in [0.5, 0.6) is 11.6 Å². The minimum atomic E-state index is -0.427. The molecule has 1 heterocycles. The second kappa shape index (κ2) is 5.87. The van der Waals surface area contributed by atoms with Crippen molar-refractivity contribution >= 4 is 29.1 Å². The fraction of sp³-hybridized carbons (Fsp3) is 0.214. The van der Waals surface area contributed by atoms with Gasteiger partial charge in [0.05, 0.1) is 10.0 Å². The zero-order chi connectivity index (χ0) is 15.7. The molecule has 7 heteroatoms. The molecule has 0 bridgehead atoms. The first-order valence-corrected chi connectivity index (χ1v) is 6.83. The molecule has 1 amide bonds. The van der Waals surface area contributed by atoms with E-state index in [4.69, 9.17) is 23.2 Å². The maximum Gasteiger partial charge on any atom is 0.259 e. The average molecular weight is 329 g/mol. The SMILES string of the molecule is CN(Cc1ccc(Cl)c(Cl)c1)C(=O)c1cn(C)c(O)c1O. The van der Waals surface area contributed by atoms with E-state index in [0.717, 1.165) is 5.56 Å². The number of hydrogen-bond donors (Lipinski definition) is 2. The van der Waals surface area contributed by atoms with E-state index in [2.05, 4.69) is 0 Å². The Morgan fingerprint density at radius 3 is 2.48 bits per heavy atom. The minimum absolute atomic E-state index is 0.0394. The lowest BCUT2D eigenvalue weighted by Crippen LogP contribution is -2.26. The van der Waals surface area contributed by atoms with Gasteiger partial charge in [0.15, 0.2) is 5.75 Å². The van der Waals surface area contributed by atoms with E-state index in [-0.39, 0.29) is 11.4 Å². The van der Waals surface area contributed by atoms with E-state index in [0.29, 0.717) is 16.6 Å². The minimum Gasteiger partial charge on any atom is -0.503 e. The average Bonchev–Trinajstić information content (AvgIpc) is 2.69. The molecule has 5 nitrogen and oxygen atoms in total. The lowest BCUT2D eigenvalue weighted by Gasteiger charge is -2.17. The number of halogens is 2. The van der Waals surface area contributed by atoms with Crippen molar-refractivity contribution in [1.82, 2.24) is 9.47 Å². The third kappa shape index (κ3) is 3.09. The summed E-state index contributed by atoms with van der Waals surface area (Å²) in [5.74, 6) is -1.18. The van der Waals surface area contributed by atoms with Crippen LogP contribution in [0.4, 0.5) is 0 Å². The smallest absolute Gasteiger partial charge is 0.259 e. The molecule has 1 aromatic heterocycles. The van der Waals surface area contributed by atoms with Crippen molar-refractivity contribution in [3.05, 3.63) is 45.6 Å². The normalized spacial score (nSPS) is 10.7. The van der Waals surface area contributed by atoms with Gasteiger partial charge < -0.3 is 19.7 Å². The van der Waals surface area contributed by atoms with Gasteiger partial charge in [0.25, 0.3) is 5.91 Å². The second-order valence-electron chi connectivity index (χ2n) is 4.74. The second-order valence-corrected chi connectivity index (χ2v) is 5.55. The molecule has 21 heavy (non-hydrogen) atoms. The molecule has 0 fully saturated rings. The molecule has 0 saturated heterocycles. The van der Waals surface area contributed by atoms with E-state index >= 15 is 0 Å². The van der Waals surface area contributed by atoms with Crippen molar-refractivity contribution in [2.75, 3.05) is 7.05 Å². The van der Waals surface area contributed by atoms with Gasteiger partial charge in [-0.15, -0.1) is 0 Å². The molecule has 0 aliphatic rings. The zero-order valence-corrected chi connectivity index (χ0v) is 13.0. The molecule has 2 rings (SSSR count). The molecular formula is C14H14Cl2N2O3. The van der Waals surface area contributed by atoms with Crippen LogP contribution in [0.25, 0.3) is 0 Å². The van der Waals surface area contributed by atoms with Crippen LogP contribution in [0.15, 0.2) is 24.4 Å². The standard InChI is InChI=1S/C14H14Cl2N2O3/c1-17(6-8-3-4-10(15)11(16)5-8)13(20)9-7-18(2)14(21)12(9)19/h3-5,7,19,21H,6H2,1-2H3. The van der Waals surface area contributed by atoms with Crippen LogP contribution in [-0.2, 0) is 13.6 Å². The summed E-state index contributed by atoms with van der Waals surface area (Å²) in [6.07, 6.45) is 1.37. The number of amides is 1. The topological polar surface area (TPSA) is 65.7 Å². The maximum absolute atomic E-state index is 12.3. The summed E-state index contributed by atoms with van der Waals surface area (Å²) >= 11 is 11.8. The molecule has 0 aliphatic carbocycles. The van der Waals surface area contributed by atoms with Gasteiger partial charge in [-0.1, -0.05) is 29.3 Å².